The molecule has 0 aliphatic rings. The number of phenolic OH excluding ortho intramolecular Hbond substituents is 3. The molecule has 0 aliphatic carbocycles. The smallest absolute Gasteiger partial charge is 0.224 e. The molecule has 1 aromatic rings. The molecule has 53 valence electrons. The second-order valence-corrected chi connectivity index (χ2v) is 1.78. The summed E-state index contributed by atoms with van der Waals surface area (Å²) in [6.07, 6.45) is 0. The molecular formula is C6H5O4. The van der Waals surface area contributed by atoms with Crippen LogP contribution in [0.2, 0.25) is 0 Å². The van der Waals surface area contributed by atoms with Gasteiger partial charge >= 0.3 is 0 Å². The summed E-state index contributed by atoms with van der Waals surface area (Å²) >= 11 is 0. The van der Waals surface area contributed by atoms with Crippen molar-refractivity contribution >= 4 is 0 Å². The average Bonchev–Trinajstić information content (AvgIpc) is 1.93. The molecule has 1 aromatic carbocycles. The van der Waals surface area contributed by atoms with Gasteiger partial charge in [0.2, 0.25) is 17.2 Å². The quantitative estimate of drug-likeness (QED) is 0.470. The van der Waals surface area contributed by atoms with E-state index in [9.17, 15) is 5.11 Å². The van der Waals surface area contributed by atoms with Gasteiger partial charge in [0.15, 0.2) is 5.75 Å². The number of rotatable bonds is 0. The lowest BCUT2D eigenvalue weighted by Gasteiger charge is -1.98. The minimum absolute atomic E-state index is 0.503. The van der Waals surface area contributed by atoms with Crippen LogP contribution >= 0.6 is 0 Å². The number of phenols is 3. The van der Waals surface area contributed by atoms with Crippen molar-refractivity contribution in [3.63, 3.8) is 0 Å². The van der Waals surface area contributed by atoms with Crippen molar-refractivity contribution in [1.82, 2.24) is 0 Å². The van der Waals surface area contributed by atoms with Gasteiger partial charge in [-0.2, -0.15) is 0 Å². The molecule has 0 fully saturated rings. The summed E-state index contributed by atoms with van der Waals surface area (Å²) in [4.78, 5) is 0. The van der Waals surface area contributed by atoms with Gasteiger partial charge in [0.25, 0.3) is 0 Å². The Morgan fingerprint density at radius 1 is 1.00 bits per heavy atom. The van der Waals surface area contributed by atoms with Crippen LogP contribution in [-0.2, 0) is 5.11 Å². The van der Waals surface area contributed by atoms with Gasteiger partial charge in [-0.25, -0.2) is 0 Å². The van der Waals surface area contributed by atoms with E-state index in [-0.39, 0.29) is 0 Å². The van der Waals surface area contributed by atoms with Crippen LogP contribution in [0.25, 0.3) is 0 Å². The Hall–Kier alpha value is -1.58. The van der Waals surface area contributed by atoms with E-state index in [2.05, 4.69) is 0 Å². The molecule has 0 aliphatic heterocycles. The summed E-state index contributed by atoms with van der Waals surface area (Å²) < 4.78 is 0. The van der Waals surface area contributed by atoms with E-state index in [0.717, 1.165) is 12.1 Å². The Labute approximate surface area is 56.6 Å². The van der Waals surface area contributed by atoms with Gasteiger partial charge in [-0.05, 0) is 12.1 Å². The molecule has 0 saturated heterocycles. The summed E-state index contributed by atoms with van der Waals surface area (Å²) in [5, 5.41) is 36.5. The third-order valence-electron chi connectivity index (χ3n) is 1.09. The highest BCUT2D eigenvalue weighted by Crippen LogP contribution is 2.40. The summed E-state index contributed by atoms with van der Waals surface area (Å²) in [6, 6.07) is 1.97. The summed E-state index contributed by atoms with van der Waals surface area (Å²) in [7, 11) is 0. The van der Waals surface area contributed by atoms with E-state index in [0.29, 0.717) is 0 Å². The molecular weight excluding hydrogens is 136 g/mol. The maximum atomic E-state index is 10.5. The topological polar surface area (TPSA) is 80.6 Å². The molecule has 0 atom stereocenters. The fourth-order valence-electron chi connectivity index (χ4n) is 0.550. The van der Waals surface area contributed by atoms with Crippen molar-refractivity contribution in [2.45, 2.75) is 0 Å². The lowest BCUT2D eigenvalue weighted by molar-refractivity contribution is 0.305. The Bertz CT molecular complexity index is 229. The van der Waals surface area contributed by atoms with Crippen molar-refractivity contribution in [2.24, 2.45) is 0 Å². The van der Waals surface area contributed by atoms with Gasteiger partial charge in [0.1, 0.15) is 0 Å². The van der Waals surface area contributed by atoms with Gasteiger partial charge in [0.05, 0.1) is 0 Å². The van der Waals surface area contributed by atoms with Crippen LogP contribution in [-0.4, -0.2) is 15.3 Å². The zero-order chi connectivity index (χ0) is 7.72. The molecule has 0 spiro atoms. The predicted octanol–water partition coefficient (Wildman–Crippen LogP) is 0.947. The minimum Gasteiger partial charge on any atom is -0.504 e. The van der Waals surface area contributed by atoms with Crippen LogP contribution in [0.1, 0.15) is 0 Å². The van der Waals surface area contributed by atoms with E-state index in [1.807, 2.05) is 0 Å². The Morgan fingerprint density at radius 2 is 1.60 bits per heavy atom. The molecule has 3 N–H and O–H groups in total. The van der Waals surface area contributed by atoms with Crippen molar-refractivity contribution in [2.75, 3.05) is 0 Å². The standard InChI is InChI=1S/C6H5O4/c7-3-1-2-4(8)6(10)5(3)9/h1-2,7,9-10H. The third-order valence-corrected chi connectivity index (χ3v) is 1.09. The van der Waals surface area contributed by atoms with E-state index < -0.39 is 23.0 Å². The minimum atomic E-state index is -0.819. The molecule has 0 amide bonds. The molecule has 4 nitrogen and oxygen atoms in total. The zero-order valence-electron chi connectivity index (χ0n) is 4.90. The first kappa shape index (κ1) is 6.54. The lowest BCUT2D eigenvalue weighted by Crippen LogP contribution is -1.70. The highest BCUT2D eigenvalue weighted by atomic mass is 16.3. The van der Waals surface area contributed by atoms with Crippen LogP contribution < -0.4 is 0 Å². The SMILES string of the molecule is [O]c1ccc(O)c(O)c1O. The van der Waals surface area contributed by atoms with Gasteiger partial charge in [-0.3, -0.25) is 5.11 Å². The molecule has 0 unspecified atom stereocenters. The largest absolute Gasteiger partial charge is 0.504 e. The van der Waals surface area contributed by atoms with Crippen LogP contribution in [0.4, 0.5) is 0 Å². The summed E-state index contributed by atoms with van der Waals surface area (Å²) in [6.45, 7) is 0. The molecule has 1 rings (SSSR count). The highest BCUT2D eigenvalue weighted by molar-refractivity contribution is 5.55. The maximum Gasteiger partial charge on any atom is 0.224 e. The molecule has 0 bridgehead atoms. The van der Waals surface area contributed by atoms with Crippen molar-refractivity contribution < 1.29 is 20.4 Å². The average molecular weight is 141 g/mol. The monoisotopic (exact) mass is 141 g/mol. The third kappa shape index (κ3) is 0.793. The molecule has 1 radical (unpaired) electrons. The van der Waals surface area contributed by atoms with E-state index >= 15 is 0 Å². The first-order valence-corrected chi connectivity index (χ1v) is 2.54. The Balaban J connectivity index is 3.34. The fourth-order valence-corrected chi connectivity index (χ4v) is 0.550. The second kappa shape index (κ2) is 1.98. The van der Waals surface area contributed by atoms with E-state index in [1.165, 1.54) is 0 Å². The number of hydrogen-bond acceptors (Lipinski definition) is 3. The molecule has 0 heterocycles. The van der Waals surface area contributed by atoms with Crippen molar-refractivity contribution in [1.29, 1.82) is 0 Å². The van der Waals surface area contributed by atoms with Gasteiger partial charge in [-0.1, -0.05) is 0 Å². The lowest BCUT2D eigenvalue weighted by atomic mass is 10.3. The van der Waals surface area contributed by atoms with Gasteiger partial charge in [0, 0.05) is 0 Å². The Morgan fingerprint density at radius 3 is 2.10 bits per heavy atom. The van der Waals surface area contributed by atoms with Crippen LogP contribution in [0.15, 0.2) is 12.1 Å². The van der Waals surface area contributed by atoms with Crippen molar-refractivity contribution in [3.8, 4) is 23.0 Å². The highest BCUT2D eigenvalue weighted by Gasteiger charge is 2.10. The Kier molecular flexibility index (Phi) is 1.30. The number of benzene rings is 1. The molecule has 0 aromatic heterocycles. The first-order chi connectivity index (χ1) is 4.63. The first-order valence-electron chi connectivity index (χ1n) is 2.54. The molecule has 4 heteroatoms. The van der Waals surface area contributed by atoms with E-state index in [4.69, 9.17) is 15.3 Å². The van der Waals surface area contributed by atoms with E-state index in [1.54, 1.807) is 0 Å². The summed E-state index contributed by atoms with van der Waals surface area (Å²) in [5.41, 5.74) is 0. The van der Waals surface area contributed by atoms with Crippen LogP contribution in [0, 0.1) is 0 Å². The summed E-state index contributed by atoms with van der Waals surface area (Å²) in [5.74, 6) is -2.81. The molecule has 0 saturated carbocycles. The predicted molar refractivity (Wildman–Crippen MR) is 31.6 cm³/mol. The number of aromatic hydroxyl groups is 3. The van der Waals surface area contributed by atoms with Crippen molar-refractivity contribution in [3.05, 3.63) is 12.1 Å². The van der Waals surface area contributed by atoms with Crippen LogP contribution in [0.3, 0.4) is 0 Å². The second-order valence-electron chi connectivity index (χ2n) is 1.78. The van der Waals surface area contributed by atoms with Gasteiger partial charge in [-0.15, -0.1) is 0 Å². The fraction of sp³-hybridized carbons (Fsp3) is 0. The van der Waals surface area contributed by atoms with Gasteiger partial charge < -0.3 is 15.3 Å². The zero-order valence-corrected chi connectivity index (χ0v) is 4.90. The number of hydrogen-bond donors (Lipinski definition) is 3. The normalized spacial score (nSPS) is 9.60. The maximum absolute atomic E-state index is 10.5. The van der Waals surface area contributed by atoms with Crippen LogP contribution in [0.5, 0.6) is 23.0 Å². The molecule has 10 heavy (non-hydrogen) atoms.